The summed E-state index contributed by atoms with van der Waals surface area (Å²) in [6.45, 7) is 6.09. The smallest absolute Gasteiger partial charge is 0.258 e. The van der Waals surface area contributed by atoms with Gasteiger partial charge in [0.1, 0.15) is 5.75 Å². The lowest BCUT2D eigenvalue weighted by molar-refractivity contribution is 0.102. The van der Waals surface area contributed by atoms with E-state index in [9.17, 15) is 4.79 Å². The third-order valence-electron chi connectivity index (χ3n) is 3.85. The van der Waals surface area contributed by atoms with Crippen molar-refractivity contribution < 1.29 is 9.53 Å². The Kier molecular flexibility index (Phi) is 3.66. The molecule has 2 N–H and O–H groups in total. The lowest BCUT2D eigenvalue weighted by Gasteiger charge is -2.07. The number of aromatic amines is 1. The van der Waals surface area contributed by atoms with Crippen molar-refractivity contribution in [3.8, 4) is 5.75 Å². The van der Waals surface area contributed by atoms with Crippen molar-refractivity contribution >= 4 is 33.1 Å². The third-order valence-corrected chi connectivity index (χ3v) is 5.08. The molecule has 114 valence electrons. The van der Waals surface area contributed by atoms with E-state index in [-0.39, 0.29) is 5.91 Å². The van der Waals surface area contributed by atoms with Crippen molar-refractivity contribution in [3.63, 3.8) is 0 Å². The van der Waals surface area contributed by atoms with Crippen LogP contribution in [0.1, 0.15) is 26.5 Å². The molecule has 0 spiro atoms. The van der Waals surface area contributed by atoms with Crippen molar-refractivity contribution in [2.75, 3.05) is 12.4 Å². The van der Waals surface area contributed by atoms with Crippen molar-refractivity contribution in [3.05, 3.63) is 46.0 Å². The van der Waals surface area contributed by atoms with Gasteiger partial charge in [0.15, 0.2) is 0 Å². The molecule has 5 heteroatoms. The molecule has 0 aliphatic heterocycles. The number of carbonyl (C=O) groups excluding carboxylic acids is 1. The number of aromatic nitrogens is 1. The number of carbonyl (C=O) groups is 1. The standard InChI is InChI=1S/C17H18N2O2S/c1-9-10(2)18-15-14(11(3)22-16(9)15)17(20)19-12-6-5-7-13(8-12)21-4/h5-8,18H,1-4H3,(H,19,20). The number of hydrogen-bond acceptors (Lipinski definition) is 3. The first-order valence-corrected chi connectivity index (χ1v) is 7.86. The Balaban J connectivity index is 1.98. The highest BCUT2D eigenvalue weighted by Gasteiger charge is 2.20. The lowest BCUT2D eigenvalue weighted by Crippen LogP contribution is -2.12. The molecule has 0 atom stereocenters. The molecule has 2 aromatic heterocycles. The number of rotatable bonds is 3. The van der Waals surface area contributed by atoms with Crippen LogP contribution >= 0.6 is 11.3 Å². The fourth-order valence-electron chi connectivity index (χ4n) is 2.55. The summed E-state index contributed by atoms with van der Waals surface area (Å²) in [5.74, 6) is 0.620. The topological polar surface area (TPSA) is 54.1 Å². The van der Waals surface area contributed by atoms with Crippen molar-refractivity contribution in [2.45, 2.75) is 20.8 Å². The monoisotopic (exact) mass is 314 g/mol. The highest BCUT2D eigenvalue weighted by Crippen LogP contribution is 2.34. The molecule has 0 bridgehead atoms. The van der Waals surface area contributed by atoms with Crippen molar-refractivity contribution in [2.24, 2.45) is 0 Å². The van der Waals surface area contributed by atoms with E-state index in [0.717, 1.165) is 37.8 Å². The summed E-state index contributed by atoms with van der Waals surface area (Å²) in [5, 5.41) is 2.95. The van der Waals surface area contributed by atoms with Crippen molar-refractivity contribution in [1.29, 1.82) is 0 Å². The Bertz CT molecular complexity index is 861. The quantitative estimate of drug-likeness (QED) is 0.752. The van der Waals surface area contributed by atoms with Gasteiger partial charge in [-0.1, -0.05) is 6.07 Å². The Morgan fingerprint density at radius 3 is 2.77 bits per heavy atom. The Morgan fingerprint density at radius 2 is 2.05 bits per heavy atom. The minimum atomic E-state index is -0.0988. The van der Waals surface area contributed by atoms with Crippen LogP contribution < -0.4 is 10.1 Å². The maximum atomic E-state index is 12.7. The van der Waals surface area contributed by atoms with Gasteiger partial charge in [-0.2, -0.15) is 0 Å². The molecule has 1 aromatic carbocycles. The van der Waals surface area contributed by atoms with E-state index in [0.29, 0.717) is 0 Å². The van der Waals surface area contributed by atoms with Crippen LogP contribution in [0, 0.1) is 20.8 Å². The summed E-state index contributed by atoms with van der Waals surface area (Å²) in [4.78, 5) is 17.0. The Morgan fingerprint density at radius 1 is 1.27 bits per heavy atom. The van der Waals surface area contributed by atoms with Gasteiger partial charge < -0.3 is 15.0 Å². The summed E-state index contributed by atoms with van der Waals surface area (Å²) in [7, 11) is 1.61. The summed E-state index contributed by atoms with van der Waals surface area (Å²) in [6, 6.07) is 7.36. The van der Waals surface area contributed by atoms with Gasteiger partial charge >= 0.3 is 0 Å². The number of anilines is 1. The molecular formula is C17H18N2O2S. The highest BCUT2D eigenvalue weighted by molar-refractivity contribution is 7.19. The number of thiophene rings is 1. The summed E-state index contributed by atoms with van der Waals surface area (Å²) < 4.78 is 6.34. The molecule has 0 aliphatic rings. The Labute approximate surface area is 133 Å². The van der Waals surface area contributed by atoms with Gasteiger partial charge in [-0.3, -0.25) is 4.79 Å². The number of benzene rings is 1. The molecule has 3 rings (SSSR count). The third kappa shape index (κ3) is 2.37. The van der Waals surface area contributed by atoms with Gasteiger partial charge in [-0.15, -0.1) is 11.3 Å². The van der Waals surface area contributed by atoms with Crippen molar-refractivity contribution in [1.82, 2.24) is 4.98 Å². The average molecular weight is 314 g/mol. The second-order valence-electron chi connectivity index (χ2n) is 5.30. The molecule has 22 heavy (non-hydrogen) atoms. The second kappa shape index (κ2) is 5.50. The van der Waals surface area contributed by atoms with Crippen LogP contribution in [0.2, 0.25) is 0 Å². The number of hydrogen-bond donors (Lipinski definition) is 2. The van der Waals surface area contributed by atoms with E-state index in [1.165, 1.54) is 5.56 Å². The van der Waals surface area contributed by atoms with E-state index in [1.54, 1.807) is 18.4 Å². The zero-order valence-corrected chi connectivity index (χ0v) is 13.9. The van der Waals surface area contributed by atoms with E-state index < -0.39 is 0 Å². The number of amides is 1. The normalized spacial score (nSPS) is 10.9. The van der Waals surface area contributed by atoms with Gasteiger partial charge in [-0.25, -0.2) is 0 Å². The van der Waals surface area contributed by atoms with Crippen LogP contribution in [0.15, 0.2) is 24.3 Å². The molecule has 1 amide bonds. The summed E-state index contributed by atoms with van der Waals surface area (Å²) in [5.41, 5.74) is 4.69. The zero-order chi connectivity index (χ0) is 15.9. The summed E-state index contributed by atoms with van der Waals surface area (Å²) in [6.07, 6.45) is 0. The number of ether oxygens (including phenoxy) is 1. The first-order valence-electron chi connectivity index (χ1n) is 7.05. The van der Waals surface area contributed by atoms with Crippen LogP contribution in [0.3, 0.4) is 0 Å². The molecule has 0 saturated heterocycles. The molecule has 0 aliphatic carbocycles. The van der Waals surface area contributed by atoms with Gasteiger partial charge in [0.05, 0.1) is 22.9 Å². The fourth-order valence-corrected chi connectivity index (χ4v) is 3.71. The zero-order valence-electron chi connectivity index (χ0n) is 13.0. The van der Waals surface area contributed by atoms with Crippen LogP contribution in [0.5, 0.6) is 5.75 Å². The van der Waals surface area contributed by atoms with Crippen LogP contribution in [-0.4, -0.2) is 18.0 Å². The average Bonchev–Trinajstić information content (AvgIpc) is 2.95. The molecule has 4 nitrogen and oxygen atoms in total. The van der Waals surface area contributed by atoms with E-state index in [2.05, 4.69) is 17.2 Å². The summed E-state index contributed by atoms with van der Waals surface area (Å²) >= 11 is 1.66. The lowest BCUT2D eigenvalue weighted by atomic mass is 10.2. The van der Waals surface area contributed by atoms with E-state index in [1.807, 2.05) is 38.1 Å². The van der Waals surface area contributed by atoms with E-state index in [4.69, 9.17) is 4.74 Å². The number of fused-ring (bicyclic) bond motifs is 1. The minimum absolute atomic E-state index is 0.0988. The number of methoxy groups -OCH3 is 1. The maximum Gasteiger partial charge on any atom is 0.258 e. The molecular weight excluding hydrogens is 296 g/mol. The van der Waals surface area contributed by atoms with Gasteiger partial charge in [0.2, 0.25) is 0 Å². The van der Waals surface area contributed by atoms with Gasteiger partial charge in [-0.05, 0) is 38.5 Å². The SMILES string of the molecule is COc1cccc(NC(=O)c2c(C)sc3c(C)c(C)[nH]c23)c1. The molecule has 2 heterocycles. The highest BCUT2D eigenvalue weighted by atomic mass is 32.1. The van der Waals surface area contributed by atoms with Gasteiger partial charge in [0, 0.05) is 22.3 Å². The second-order valence-corrected chi connectivity index (χ2v) is 6.52. The van der Waals surface area contributed by atoms with Crippen LogP contribution in [0.4, 0.5) is 5.69 Å². The Hall–Kier alpha value is -2.27. The molecule has 0 unspecified atom stereocenters. The van der Waals surface area contributed by atoms with Crippen LogP contribution in [-0.2, 0) is 0 Å². The largest absolute Gasteiger partial charge is 0.497 e. The molecule has 0 radical (unpaired) electrons. The number of H-pyrrole nitrogens is 1. The molecule has 0 fully saturated rings. The fraction of sp³-hybridized carbons (Fsp3) is 0.235. The molecule has 3 aromatic rings. The molecule has 0 saturated carbocycles. The number of nitrogens with one attached hydrogen (secondary N) is 2. The van der Waals surface area contributed by atoms with Gasteiger partial charge in [0.25, 0.3) is 5.91 Å². The predicted octanol–water partition coefficient (Wildman–Crippen LogP) is 4.42. The minimum Gasteiger partial charge on any atom is -0.497 e. The maximum absolute atomic E-state index is 12.7. The first-order chi connectivity index (χ1) is 10.5. The predicted molar refractivity (Wildman–Crippen MR) is 91.3 cm³/mol. The number of aryl methyl sites for hydroxylation is 3. The van der Waals surface area contributed by atoms with E-state index >= 15 is 0 Å². The first kappa shape index (κ1) is 14.7. The van der Waals surface area contributed by atoms with Crippen LogP contribution in [0.25, 0.3) is 10.2 Å².